The summed E-state index contributed by atoms with van der Waals surface area (Å²) in [7, 11) is 0. The van der Waals surface area contributed by atoms with Crippen molar-refractivity contribution < 1.29 is 9.05 Å². The van der Waals surface area contributed by atoms with Crippen LogP contribution in [0.3, 0.4) is 0 Å². The van der Waals surface area contributed by atoms with E-state index in [1.165, 1.54) is 0 Å². The first-order chi connectivity index (χ1) is 4.97. The van der Waals surface area contributed by atoms with E-state index in [9.17, 15) is 0 Å². The van der Waals surface area contributed by atoms with Gasteiger partial charge in [0.05, 0.1) is 13.2 Å². The van der Waals surface area contributed by atoms with Crippen molar-refractivity contribution in [3.05, 3.63) is 0 Å². The number of hydrogen-bond acceptors (Lipinski definition) is 3. The fourth-order valence-corrected chi connectivity index (χ4v) is 2.66. The zero-order chi connectivity index (χ0) is 8.54. The van der Waals surface area contributed by atoms with Crippen LogP contribution in [0.15, 0.2) is 0 Å². The first-order valence-corrected chi connectivity index (χ1v) is 6.68. The third kappa shape index (κ3) is 2.51. The van der Waals surface area contributed by atoms with Crippen molar-refractivity contribution >= 4 is 18.3 Å². The molecule has 1 aliphatic heterocycles. The van der Waals surface area contributed by atoms with E-state index in [0.29, 0.717) is 0 Å². The number of rotatable bonds is 1. The van der Waals surface area contributed by atoms with Crippen LogP contribution < -0.4 is 0 Å². The van der Waals surface area contributed by atoms with Gasteiger partial charge in [-0.15, -0.1) is 0 Å². The Labute approximate surface area is 73.4 Å². The first-order valence-electron chi connectivity index (χ1n) is 3.86. The highest BCUT2D eigenvalue weighted by molar-refractivity contribution is 8.09. The van der Waals surface area contributed by atoms with Crippen LogP contribution in [0, 0.1) is 5.41 Å². The van der Waals surface area contributed by atoms with E-state index >= 15 is 0 Å². The molecule has 1 heterocycles. The van der Waals surface area contributed by atoms with Gasteiger partial charge >= 0.3 is 0 Å². The number of hydrogen-bond donors (Lipinski definition) is 0. The highest BCUT2D eigenvalue weighted by Gasteiger charge is 2.31. The SMILES string of the molecule is CCP1(=S)OCC(C)(C)CO1. The topological polar surface area (TPSA) is 18.5 Å². The average molecular weight is 194 g/mol. The van der Waals surface area contributed by atoms with Gasteiger partial charge in [-0.05, 0) is 11.8 Å². The fourth-order valence-electron chi connectivity index (χ4n) is 0.808. The molecule has 0 saturated carbocycles. The van der Waals surface area contributed by atoms with Crippen molar-refractivity contribution in [1.82, 2.24) is 0 Å². The minimum absolute atomic E-state index is 0.150. The molecule has 4 heteroatoms. The third-order valence-corrected chi connectivity index (χ3v) is 4.92. The molecule has 1 saturated heterocycles. The Bertz CT molecular complexity index is 177. The van der Waals surface area contributed by atoms with Crippen molar-refractivity contribution in [3.63, 3.8) is 0 Å². The lowest BCUT2D eigenvalue weighted by molar-refractivity contribution is 0.0606. The first kappa shape index (κ1) is 9.66. The van der Waals surface area contributed by atoms with E-state index in [4.69, 9.17) is 20.9 Å². The van der Waals surface area contributed by atoms with Crippen molar-refractivity contribution in [3.8, 4) is 0 Å². The molecule has 0 atom stereocenters. The molecule has 0 radical (unpaired) electrons. The van der Waals surface area contributed by atoms with Gasteiger partial charge < -0.3 is 9.05 Å². The van der Waals surface area contributed by atoms with E-state index in [0.717, 1.165) is 19.4 Å². The van der Waals surface area contributed by atoms with E-state index in [2.05, 4.69) is 13.8 Å². The minimum Gasteiger partial charge on any atom is -0.329 e. The molecule has 0 aromatic heterocycles. The van der Waals surface area contributed by atoms with Crippen LogP contribution in [0.4, 0.5) is 0 Å². The summed E-state index contributed by atoms with van der Waals surface area (Å²) in [5.41, 5.74) is 0.150. The predicted octanol–water partition coefficient (Wildman–Crippen LogP) is 2.39. The zero-order valence-corrected chi connectivity index (χ0v) is 9.00. The molecule has 11 heavy (non-hydrogen) atoms. The van der Waals surface area contributed by atoms with Crippen LogP contribution in [-0.4, -0.2) is 19.4 Å². The lowest BCUT2D eigenvalue weighted by atomic mass is 9.97. The Morgan fingerprint density at radius 2 is 1.82 bits per heavy atom. The molecule has 0 aliphatic carbocycles. The summed E-state index contributed by atoms with van der Waals surface area (Å²) in [6.45, 7) is 5.94. The van der Waals surface area contributed by atoms with Gasteiger partial charge in [0, 0.05) is 11.6 Å². The van der Waals surface area contributed by atoms with E-state index in [-0.39, 0.29) is 5.41 Å². The van der Waals surface area contributed by atoms with Gasteiger partial charge in [0.2, 0.25) is 0 Å². The second-order valence-electron chi connectivity index (χ2n) is 3.64. The van der Waals surface area contributed by atoms with Crippen molar-refractivity contribution in [2.45, 2.75) is 20.8 Å². The molecule has 0 aromatic rings. The van der Waals surface area contributed by atoms with Crippen LogP contribution >= 0.6 is 6.49 Å². The van der Waals surface area contributed by atoms with Crippen LogP contribution in [-0.2, 0) is 20.9 Å². The molecule has 0 N–H and O–H groups in total. The highest BCUT2D eigenvalue weighted by atomic mass is 32.5. The van der Waals surface area contributed by atoms with Gasteiger partial charge in [0.15, 0.2) is 6.49 Å². The fraction of sp³-hybridized carbons (Fsp3) is 1.00. The second-order valence-corrected chi connectivity index (χ2v) is 7.68. The standard InChI is InChI=1S/C7H15O2PS/c1-4-10(11)8-5-7(2,3)6-9-10/h4-6H2,1-3H3. The van der Waals surface area contributed by atoms with E-state index in [1.807, 2.05) is 6.92 Å². The lowest BCUT2D eigenvalue weighted by Gasteiger charge is -2.35. The Kier molecular flexibility index (Phi) is 2.75. The average Bonchev–Trinajstić information content (AvgIpc) is 1.97. The largest absolute Gasteiger partial charge is 0.329 e. The summed E-state index contributed by atoms with van der Waals surface area (Å²) in [6.07, 6.45) is 0.846. The maximum atomic E-state index is 5.53. The molecule has 0 aromatic carbocycles. The molecule has 1 aliphatic rings. The van der Waals surface area contributed by atoms with Crippen molar-refractivity contribution in [2.75, 3.05) is 19.4 Å². The monoisotopic (exact) mass is 194 g/mol. The summed E-state index contributed by atoms with van der Waals surface area (Å²) >= 11 is 5.22. The smallest absolute Gasteiger partial charge is 0.188 e. The summed E-state index contributed by atoms with van der Waals surface area (Å²) in [5, 5.41) is 0. The molecule has 2 nitrogen and oxygen atoms in total. The lowest BCUT2D eigenvalue weighted by Crippen LogP contribution is -2.29. The molecular weight excluding hydrogens is 179 g/mol. The van der Waals surface area contributed by atoms with Crippen LogP contribution in [0.2, 0.25) is 0 Å². The Balaban J connectivity index is 2.55. The molecular formula is C7H15O2PS. The summed E-state index contributed by atoms with van der Waals surface area (Å²) in [4.78, 5) is 0. The van der Waals surface area contributed by atoms with Crippen LogP contribution in [0.5, 0.6) is 0 Å². The van der Waals surface area contributed by atoms with Gasteiger partial charge in [-0.25, -0.2) is 0 Å². The third-order valence-electron chi connectivity index (χ3n) is 1.69. The Morgan fingerprint density at radius 3 is 2.18 bits per heavy atom. The maximum Gasteiger partial charge on any atom is 0.188 e. The van der Waals surface area contributed by atoms with Gasteiger partial charge in [0.25, 0.3) is 0 Å². The van der Waals surface area contributed by atoms with Crippen molar-refractivity contribution in [1.29, 1.82) is 0 Å². The van der Waals surface area contributed by atoms with E-state index in [1.54, 1.807) is 0 Å². The van der Waals surface area contributed by atoms with Crippen LogP contribution in [0.1, 0.15) is 20.8 Å². The van der Waals surface area contributed by atoms with Crippen molar-refractivity contribution in [2.24, 2.45) is 5.41 Å². The molecule has 0 unspecified atom stereocenters. The molecule has 1 rings (SSSR count). The second kappa shape index (κ2) is 3.14. The Morgan fingerprint density at radius 1 is 1.36 bits per heavy atom. The minimum atomic E-state index is -1.84. The van der Waals surface area contributed by atoms with Crippen LogP contribution in [0.25, 0.3) is 0 Å². The molecule has 0 spiro atoms. The van der Waals surface area contributed by atoms with Gasteiger partial charge in [0.1, 0.15) is 0 Å². The highest BCUT2D eigenvalue weighted by Crippen LogP contribution is 2.53. The van der Waals surface area contributed by atoms with Gasteiger partial charge in [-0.3, -0.25) is 0 Å². The molecule has 0 amide bonds. The van der Waals surface area contributed by atoms with Gasteiger partial charge in [-0.1, -0.05) is 20.8 Å². The van der Waals surface area contributed by atoms with Gasteiger partial charge in [-0.2, -0.15) is 0 Å². The zero-order valence-electron chi connectivity index (χ0n) is 7.29. The molecule has 66 valence electrons. The molecule has 0 bridgehead atoms. The maximum absolute atomic E-state index is 5.53. The Hall–Kier alpha value is 0.570. The summed E-state index contributed by atoms with van der Waals surface area (Å²) in [6, 6.07) is 0. The predicted molar refractivity (Wildman–Crippen MR) is 50.5 cm³/mol. The van der Waals surface area contributed by atoms with E-state index < -0.39 is 6.49 Å². The summed E-state index contributed by atoms with van der Waals surface area (Å²) in [5.74, 6) is 0. The quantitative estimate of drug-likeness (QED) is 0.597. The molecule has 1 fully saturated rings. The summed E-state index contributed by atoms with van der Waals surface area (Å²) < 4.78 is 11.1. The normalized spacial score (nSPS) is 28.3.